The molecule has 13 heteroatoms. The SMILES string of the molecule is O=C(Nc1ccc(C(=O)N2CCC(F)(F)[C@](O)(CO)c3cc(Cl)ccc32)cn1)c1ccccc1C(F)(F)F. The number of halogens is 6. The maximum Gasteiger partial charge on any atom is 0.417 e. The average molecular weight is 556 g/mol. The Morgan fingerprint density at radius 2 is 1.82 bits per heavy atom. The van der Waals surface area contributed by atoms with Gasteiger partial charge in [-0.3, -0.25) is 9.59 Å². The van der Waals surface area contributed by atoms with Crippen LogP contribution in [0.5, 0.6) is 0 Å². The molecule has 3 N–H and O–H groups in total. The second-order valence-electron chi connectivity index (χ2n) is 8.52. The first-order valence-corrected chi connectivity index (χ1v) is 11.4. The Morgan fingerprint density at radius 3 is 2.45 bits per heavy atom. The van der Waals surface area contributed by atoms with Crippen molar-refractivity contribution in [3.63, 3.8) is 0 Å². The van der Waals surface area contributed by atoms with E-state index in [-0.39, 0.29) is 22.1 Å². The number of anilines is 2. The fourth-order valence-electron chi connectivity index (χ4n) is 4.13. The first kappa shape index (κ1) is 27.4. The molecule has 2 heterocycles. The summed E-state index contributed by atoms with van der Waals surface area (Å²) in [7, 11) is 0. The second kappa shape index (κ2) is 9.93. The van der Waals surface area contributed by atoms with Crippen LogP contribution in [0.4, 0.5) is 33.5 Å². The van der Waals surface area contributed by atoms with E-state index in [1.807, 2.05) is 0 Å². The fraction of sp³-hybridized carbons (Fsp3) is 0.240. The number of nitrogens with zero attached hydrogens (tertiary/aromatic N) is 2. The zero-order valence-electron chi connectivity index (χ0n) is 19.3. The predicted octanol–water partition coefficient (Wildman–Crippen LogP) is 4.87. The Morgan fingerprint density at radius 1 is 1.11 bits per heavy atom. The highest BCUT2D eigenvalue weighted by atomic mass is 35.5. The number of rotatable bonds is 4. The van der Waals surface area contributed by atoms with Gasteiger partial charge in [0.05, 0.1) is 29.0 Å². The van der Waals surface area contributed by atoms with Gasteiger partial charge >= 0.3 is 6.18 Å². The van der Waals surface area contributed by atoms with Crippen LogP contribution >= 0.6 is 11.6 Å². The maximum atomic E-state index is 14.9. The summed E-state index contributed by atoms with van der Waals surface area (Å²) >= 11 is 5.94. The van der Waals surface area contributed by atoms with Crippen LogP contribution in [0.1, 0.15) is 38.3 Å². The number of carbonyl (C=O) groups is 2. The van der Waals surface area contributed by atoms with Crippen molar-refractivity contribution in [1.29, 1.82) is 0 Å². The van der Waals surface area contributed by atoms with Crippen molar-refractivity contribution in [2.75, 3.05) is 23.4 Å². The number of carbonyl (C=O) groups excluding carboxylic acids is 2. The van der Waals surface area contributed by atoms with Gasteiger partial charge in [0.1, 0.15) is 5.82 Å². The lowest BCUT2D eigenvalue weighted by molar-refractivity contribution is -0.205. The highest BCUT2D eigenvalue weighted by Gasteiger charge is 2.56. The Bertz CT molecular complexity index is 1380. The molecular weight excluding hydrogens is 537 g/mol. The van der Waals surface area contributed by atoms with Crippen LogP contribution in [-0.2, 0) is 11.8 Å². The summed E-state index contributed by atoms with van der Waals surface area (Å²) in [6, 6.07) is 10.2. The molecule has 0 radical (unpaired) electrons. The van der Waals surface area contributed by atoms with E-state index < -0.39 is 65.8 Å². The molecule has 38 heavy (non-hydrogen) atoms. The molecule has 2 amide bonds. The molecule has 200 valence electrons. The summed E-state index contributed by atoms with van der Waals surface area (Å²) in [5, 5.41) is 22.6. The van der Waals surface area contributed by atoms with Crippen molar-refractivity contribution >= 4 is 34.9 Å². The van der Waals surface area contributed by atoms with Crippen LogP contribution in [0.15, 0.2) is 60.8 Å². The van der Waals surface area contributed by atoms with E-state index in [1.54, 1.807) is 0 Å². The number of aromatic nitrogens is 1. The van der Waals surface area contributed by atoms with E-state index in [0.29, 0.717) is 0 Å². The smallest absolute Gasteiger partial charge is 0.393 e. The minimum absolute atomic E-state index is 0.00502. The average Bonchev–Trinajstić information content (AvgIpc) is 2.96. The lowest BCUT2D eigenvalue weighted by Crippen LogP contribution is -2.48. The van der Waals surface area contributed by atoms with Gasteiger partial charge in [-0.2, -0.15) is 13.2 Å². The molecule has 0 fully saturated rings. The van der Waals surface area contributed by atoms with Crippen molar-refractivity contribution in [2.24, 2.45) is 0 Å². The summed E-state index contributed by atoms with van der Waals surface area (Å²) in [5.74, 6) is -5.84. The molecule has 2 aromatic carbocycles. The van der Waals surface area contributed by atoms with Gasteiger partial charge in [0.2, 0.25) is 0 Å². The van der Waals surface area contributed by atoms with Crippen molar-refractivity contribution in [2.45, 2.75) is 24.1 Å². The topological polar surface area (TPSA) is 103 Å². The lowest BCUT2D eigenvalue weighted by Gasteiger charge is -2.33. The quantitative estimate of drug-likeness (QED) is 0.399. The molecular formula is C25H19ClF5N3O4. The van der Waals surface area contributed by atoms with Gasteiger partial charge in [0, 0.05) is 29.7 Å². The molecule has 1 aromatic heterocycles. The molecule has 0 saturated heterocycles. The number of aliphatic hydroxyl groups excluding tert-OH is 1. The van der Waals surface area contributed by atoms with E-state index in [1.165, 1.54) is 30.3 Å². The molecule has 1 atom stereocenters. The summed E-state index contributed by atoms with van der Waals surface area (Å²) in [6.45, 7) is -1.86. The van der Waals surface area contributed by atoms with E-state index in [0.717, 1.165) is 35.4 Å². The standard InChI is InChI=1S/C25H19ClF5N3O4/c26-15-6-7-19-18(11-15)23(38,13-35)24(27,28)9-10-34(19)22(37)14-5-8-20(32-12-14)33-21(36)16-3-1-2-4-17(16)25(29,30)31/h1-8,11-12,35,38H,9-10,13H2,(H,32,33,36)/t23-/m0/s1. The number of fused-ring (bicyclic) bond motifs is 1. The second-order valence-corrected chi connectivity index (χ2v) is 8.96. The number of hydrogen-bond donors (Lipinski definition) is 3. The third-order valence-corrected chi connectivity index (χ3v) is 6.39. The molecule has 0 saturated carbocycles. The highest BCUT2D eigenvalue weighted by Crippen LogP contribution is 2.47. The summed E-state index contributed by atoms with van der Waals surface area (Å²) in [4.78, 5) is 30.6. The van der Waals surface area contributed by atoms with Crippen molar-refractivity contribution in [3.05, 3.63) is 88.1 Å². The molecule has 1 aliphatic heterocycles. The first-order chi connectivity index (χ1) is 17.8. The third kappa shape index (κ3) is 4.94. The Hall–Kier alpha value is -3.61. The van der Waals surface area contributed by atoms with Gasteiger partial charge < -0.3 is 20.4 Å². The number of pyridine rings is 1. The van der Waals surface area contributed by atoms with E-state index in [9.17, 15) is 41.8 Å². The minimum Gasteiger partial charge on any atom is -0.393 e. The van der Waals surface area contributed by atoms with Crippen LogP contribution in [-0.4, -0.2) is 46.1 Å². The normalized spacial score (nSPS) is 18.9. The van der Waals surface area contributed by atoms with Gasteiger partial charge in [-0.15, -0.1) is 0 Å². The summed E-state index contributed by atoms with van der Waals surface area (Å²) in [5.41, 5.74) is -5.40. The van der Waals surface area contributed by atoms with Crippen LogP contribution in [0.2, 0.25) is 5.02 Å². The molecule has 0 spiro atoms. The lowest BCUT2D eigenvalue weighted by atomic mass is 9.86. The van der Waals surface area contributed by atoms with E-state index in [4.69, 9.17) is 11.6 Å². The number of alkyl halides is 5. The number of nitrogens with one attached hydrogen (secondary N) is 1. The molecule has 1 aliphatic rings. The van der Waals surface area contributed by atoms with Gasteiger partial charge in [0.15, 0.2) is 5.60 Å². The zero-order valence-corrected chi connectivity index (χ0v) is 20.0. The molecule has 4 rings (SSSR count). The number of amides is 2. The van der Waals surface area contributed by atoms with E-state index in [2.05, 4.69) is 10.3 Å². The fourth-order valence-corrected chi connectivity index (χ4v) is 4.30. The van der Waals surface area contributed by atoms with Crippen LogP contribution < -0.4 is 10.2 Å². The largest absolute Gasteiger partial charge is 0.417 e. The first-order valence-electron chi connectivity index (χ1n) is 11.0. The summed E-state index contributed by atoms with van der Waals surface area (Å²) in [6.07, 6.45) is -4.73. The maximum absolute atomic E-state index is 14.9. The van der Waals surface area contributed by atoms with Gasteiger partial charge in [0.25, 0.3) is 17.7 Å². The Balaban J connectivity index is 1.61. The van der Waals surface area contributed by atoms with Gasteiger partial charge in [-0.25, -0.2) is 13.8 Å². The predicted molar refractivity (Wildman–Crippen MR) is 127 cm³/mol. The Kier molecular flexibility index (Phi) is 7.17. The van der Waals surface area contributed by atoms with Crippen molar-refractivity contribution in [3.8, 4) is 0 Å². The molecule has 7 nitrogen and oxygen atoms in total. The number of benzene rings is 2. The molecule has 3 aromatic rings. The van der Waals surface area contributed by atoms with Crippen LogP contribution in [0.25, 0.3) is 0 Å². The van der Waals surface area contributed by atoms with Crippen molar-refractivity contribution in [1.82, 2.24) is 4.98 Å². The number of aliphatic hydroxyl groups is 2. The molecule has 0 unspecified atom stereocenters. The highest BCUT2D eigenvalue weighted by molar-refractivity contribution is 6.30. The van der Waals surface area contributed by atoms with Crippen molar-refractivity contribution < 1.29 is 41.8 Å². The molecule has 0 aliphatic carbocycles. The van der Waals surface area contributed by atoms with Gasteiger partial charge in [-0.1, -0.05) is 23.7 Å². The van der Waals surface area contributed by atoms with Crippen LogP contribution in [0.3, 0.4) is 0 Å². The zero-order chi connectivity index (χ0) is 27.9. The monoisotopic (exact) mass is 555 g/mol. The number of hydrogen-bond acceptors (Lipinski definition) is 5. The van der Waals surface area contributed by atoms with E-state index >= 15 is 0 Å². The van der Waals surface area contributed by atoms with Gasteiger partial charge in [-0.05, 0) is 42.5 Å². The summed E-state index contributed by atoms with van der Waals surface area (Å²) < 4.78 is 69.4. The molecule has 0 bridgehead atoms. The Labute approximate surface area is 217 Å². The third-order valence-electron chi connectivity index (χ3n) is 6.15. The minimum atomic E-state index is -4.76. The van der Waals surface area contributed by atoms with Crippen LogP contribution in [0, 0.1) is 0 Å².